The molecular weight excluding hydrogens is 290 g/mol. The van der Waals surface area contributed by atoms with Gasteiger partial charge in [-0.15, -0.1) is 0 Å². The summed E-state index contributed by atoms with van der Waals surface area (Å²) < 4.78 is 22.9. The third-order valence-corrected chi connectivity index (χ3v) is 5.63. The largest absolute Gasteiger partial charge is 0.334 e. The van der Waals surface area contributed by atoms with Gasteiger partial charge in [-0.1, -0.05) is 6.07 Å². The third kappa shape index (κ3) is 3.72. The fraction of sp³-hybridized carbons (Fsp3) is 0.571. The van der Waals surface area contributed by atoms with Crippen LogP contribution >= 0.6 is 0 Å². The lowest BCUT2D eigenvalue weighted by atomic mass is 10.2. The summed E-state index contributed by atoms with van der Waals surface area (Å²) >= 11 is 0. The second-order valence-corrected chi connectivity index (χ2v) is 7.96. The zero-order valence-corrected chi connectivity index (χ0v) is 12.6. The molecule has 3 rings (SSSR count). The number of nitrogens with zero attached hydrogens (tertiary/aromatic N) is 2. The molecule has 2 fully saturated rings. The van der Waals surface area contributed by atoms with E-state index in [1.807, 2.05) is 18.2 Å². The van der Waals surface area contributed by atoms with Crippen LogP contribution in [0.3, 0.4) is 0 Å². The number of aromatic nitrogens is 1. The molecule has 1 aromatic heterocycles. The number of carbonyl (C=O) groups excluding carboxylic acids is 1. The van der Waals surface area contributed by atoms with E-state index in [0.29, 0.717) is 13.0 Å². The molecule has 0 bridgehead atoms. The highest BCUT2D eigenvalue weighted by Crippen LogP contribution is 2.28. The van der Waals surface area contributed by atoms with E-state index in [9.17, 15) is 13.2 Å². The normalized spacial score (nSPS) is 23.7. The van der Waals surface area contributed by atoms with Crippen LogP contribution in [0.2, 0.25) is 0 Å². The van der Waals surface area contributed by atoms with Crippen molar-refractivity contribution in [3.05, 3.63) is 30.1 Å². The molecule has 0 aromatic carbocycles. The summed E-state index contributed by atoms with van der Waals surface area (Å²) in [6.07, 6.45) is 4.23. The zero-order valence-electron chi connectivity index (χ0n) is 11.7. The van der Waals surface area contributed by atoms with Gasteiger partial charge < -0.3 is 10.2 Å². The summed E-state index contributed by atoms with van der Waals surface area (Å²) in [5.41, 5.74) is 0.846. The second kappa shape index (κ2) is 5.63. The Kier molecular flexibility index (Phi) is 3.84. The van der Waals surface area contributed by atoms with Crippen LogP contribution in [-0.2, 0) is 16.4 Å². The maximum Gasteiger partial charge on any atom is 0.318 e. The monoisotopic (exact) mass is 309 g/mol. The Balaban J connectivity index is 1.63. The van der Waals surface area contributed by atoms with E-state index in [2.05, 4.69) is 10.3 Å². The molecule has 2 aliphatic rings. The highest BCUT2D eigenvalue weighted by molar-refractivity contribution is 7.91. The number of sulfone groups is 1. The van der Waals surface area contributed by atoms with Gasteiger partial charge in [-0.05, 0) is 31.4 Å². The van der Waals surface area contributed by atoms with Gasteiger partial charge in [0.2, 0.25) is 0 Å². The van der Waals surface area contributed by atoms with E-state index in [1.165, 1.54) is 0 Å². The fourth-order valence-electron chi connectivity index (χ4n) is 2.59. The van der Waals surface area contributed by atoms with E-state index < -0.39 is 9.84 Å². The Labute approximate surface area is 124 Å². The van der Waals surface area contributed by atoms with Gasteiger partial charge in [0.05, 0.1) is 23.7 Å². The van der Waals surface area contributed by atoms with Gasteiger partial charge in [-0.2, -0.15) is 0 Å². The molecule has 1 unspecified atom stereocenters. The molecule has 6 nitrogen and oxygen atoms in total. The molecule has 1 aliphatic heterocycles. The molecule has 1 aliphatic carbocycles. The molecular formula is C14H19N3O3S. The molecule has 0 radical (unpaired) electrons. The summed E-state index contributed by atoms with van der Waals surface area (Å²) in [4.78, 5) is 18.4. The Hall–Kier alpha value is -1.63. The Morgan fingerprint density at radius 1 is 1.33 bits per heavy atom. The lowest BCUT2D eigenvalue weighted by Crippen LogP contribution is -2.46. The highest BCUT2D eigenvalue weighted by atomic mass is 32.2. The second-order valence-electron chi connectivity index (χ2n) is 5.73. The van der Waals surface area contributed by atoms with Crippen molar-refractivity contribution in [1.29, 1.82) is 0 Å². The van der Waals surface area contributed by atoms with Crippen molar-refractivity contribution < 1.29 is 13.2 Å². The zero-order chi connectivity index (χ0) is 14.9. The van der Waals surface area contributed by atoms with Crippen LogP contribution in [0.25, 0.3) is 0 Å². The van der Waals surface area contributed by atoms with Crippen molar-refractivity contribution in [3.63, 3.8) is 0 Å². The predicted octanol–water partition coefficient (Wildman–Crippen LogP) is 0.943. The molecule has 1 atom stereocenters. The maximum absolute atomic E-state index is 12.4. The molecule has 2 heterocycles. The standard InChI is InChI=1S/C14H19N3O3S/c18-14(16-12-6-8-21(19,20)10-12)17(13-4-5-13)9-11-3-1-2-7-15-11/h1-3,7,12-13H,4-6,8-10H2,(H,16,18). The molecule has 2 amide bonds. The van der Waals surface area contributed by atoms with E-state index in [-0.39, 0.29) is 29.6 Å². The smallest absolute Gasteiger partial charge is 0.318 e. The number of hydrogen-bond acceptors (Lipinski definition) is 4. The average molecular weight is 309 g/mol. The van der Waals surface area contributed by atoms with Crippen LogP contribution in [0, 0.1) is 0 Å². The first-order valence-corrected chi connectivity index (χ1v) is 9.03. The first-order chi connectivity index (χ1) is 10.0. The van der Waals surface area contributed by atoms with Gasteiger partial charge in [-0.25, -0.2) is 13.2 Å². The van der Waals surface area contributed by atoms with Gasteiger partial charge in [0.15, 0.2) is 9.84 Å². The van der Waals surface area contributed by atoms with Crippen LogP contribution in [-0.4, -0.2) is 47.9 Å². The van der Waals surface area contributed by atoms with Crippen molar-refractivity contribution in [1.82, 2.24) is 15.2 Å². The SMILES string of the molecule is O=C(NC1CCS(=O)(=O)C1)N(Cc1ccccn1)C1CC1. The van der Waals surface area contributed by atoms with Gasteiger partial charge in [0.25, 0.3) is 0 Å². The summed E-state index contributed by atoms with van der Waals surface area (Å²) in [7, 11) is -2.98. The number of carbonyl (C=O) groups is 1. The van der Waals surface area contributed by atoms with E-state index in [4.69, 9.17) is 0 Å². The van der Waals surface area contributed by atoms with Crippen LogP contribution < -0.4 is 5.32 Å². The lowest BCUT2D eigenvalue weighted by molar-refractivity contribution is 0.188. The van der Waals surface area contributed by atoms with Gasteiger partial charge in [0.1, 0.15) is 0 Å². The first-order valence-electron chi connectivity index (χ1n) is 7.21. The van der Waals surface area contributed by atoms with E-state index in [1.54, 1.807) is 11.1 Å². The molecule has 21 heavy (non-hydrogen) atoms. The van der Waals surface area contributed by atoms with Crippen molar-refractivity contribution >= 4 is 15.9 Å². The molecule has 1 N–H and O–H groups in total. The summed E-state index contributed by atoms with van der Waals surface area (Å²) in [6, 6.07) is 5.45. The van der Waals surface area contributed by atoms with Gasteiger partial charge in [-0.3, -0.25) is 4.98 Å². The summed E-state index contributed by atoms with van der Waals surface area (Å²) in [5.74, 6) is 0.225. The number of rotatable bonds is 4. The van der Waals surface area contributed by atoms with Gasteiger partial charge >= 0.3 is 6.03 Å². The summed E-state index contributed by atoms with van der Waals surface area (Å²) in [6.45, 7) is 0.469. The molecule has 1 saturated carbocycles. The fourth-order valence-corrected chi connectivity index (χ4v) is 4.26. The molecule has 7 heteroatoms. The van der Waals surface area contributed by atoms with E-state index in [0.717, 1.165) is 18.5 Å². The number of nitrogens with one attached hydrogen (secondary N) is 1. The summed E-state index contributed by atoms with van der Waals surface area (Å²) in [5, 5.41) is 2.86. The predicted molar refractivity (Wildman–Crippen MR) is 78.4 cm³/mol. The van der Waals surface area contributed by atoms with Crippen molar-refractivity contribution in [3.8, 4) is 0 Å². The van der Waals surface area contributed by atoms with E-state index >= 15 is 0 Å². The first kappa shape index (κ1) is 14.3. The molecule has 1 saturated heterocycles. The van der Waals surface area contributed by atoms with Crippen molar-refractivity contribution in [2.45, 2.75) is 37.9 Å². The van der Waals surface area contributed by atoms with Crippen molar-refractivity contribution in [2.24, 2.45) is 0 Å². The number of pyridine rings is 1. The highest BCUT2D eigenvalue weighted by Gasteiger charge is 2.35. The Bertz CT molecular complexity index is 614. The van der Waals surface area contributed by atoms with Gasteiger partial charge in [0, 0.05) is 18.3 Å². The Morgan fingerprint density at radius 2 is 2.14 bits per heavy atom. The minimum Gasteiger partial charge on any atom is -0.334 e. The van der Waals surface area contributed by atoms with Crippen molar-refractivity contribution in [2.75, 3.05) is 11.5 Å². The van der Waals surface area contributed by atoms with Crippen LogP contribution in [0.5, 0.6) is 0 Å². The molecule has 114 valence electrons. The average Bonchev–Trinajstić information content (AvgIpc) is 3.22. The topological polar surface area (TPSA) is 79.4 Å². The van der Waals surface area contributed by atoms with Crippen LogP contribution in [0.15, 0.2) is 24.4 Å². The minimum absolute atomic E-state index is 0.0564. The third-order valence-electron chi connectivity index (χ3n) is 3.87. The number of amides is 2. The lowest BCUT2D eigenvalue weighted by Gasteiger charge is -2.24. The Morgan fingerprint density at radius 3 is 2.71 bits per heavy atom. The molecule has 1 aromatic rings. The quantitative estimate of drug-likeness (QED) is 0.898. The number of hydrogen-bond donors (Lipinski definition) is 1. The minimum atomic E-state index is -2.98. The number of urea groups is 1. The molecule has 0 spiro atoms. The van der Waals surface area contributed by atoms with Crippen LogP contribution in [0.4, 0.5) is 4.79 Å². The van der Waals surface area contributed by atoms with Crippen LogP contribution in [0.1, 0.15) is 25.0 Å². The maximum atomic E-state index is 12.4.